The van der Waals surface area contributed by atoms with Crippen molar-refractivity contribution in [2.75, 3.05) is 5.32 Å². The first kappa shape index (κ1) is 16.8. The highest BCUT2D eigenvalue weighted by atomic mass is 16.3. The van der Waals surface area contributed by atoms with Crippen LogP contribution in [0.15, 0.2) is 42.7 Å². The number of pyridine rings is 1. The molecule has 0 aliphatic rings. The highest BCUT2D eigenvalue weighted by molar-refractivity contribution is 6.46. The number of carbonyl (C=O) groups is 2. The lowest BCUT2D eigenvalue weighted by atomic mass is 9.86. The van der Waals surface area contributed by atoms with Gasteiger partial charge in [0.15, 0.2) is 0 Å². The molecule has 0 atom stereocenters. The summed E-state index contributed by atoms with van der Waals surface area (Å²) in [5, 5.41) is 11.7. The summed E-state index contributed by atoms with van der Waals surface area (Å²) in [5.41, 5.74) is 2.23. The summed E-state index contributed by atoms with van der Waals surface area (Å²) in [6, 6.07) is 8.59. The third-order valence-electron chi connectivity index (χ3n) is 3.55. The van der Waals surface area contributed by atoms with Crippen LogP contribution >= 0.6 is 0 Å². The largest absolute Gasteiger partial charge is 0.392 e. The van der Waals surface area contributed by atoms with Gasteiger partial charge in [-0.15, -0.1) is 0 Å². The molecule has 23 heavy (non-hydrogen) atoms. The van der Waals surface area contributed by atoms with E-state index < -0.39 is 11.7 Å². The van der Waals surface area contributed by atoms with Crippen molar-refractivity contribution in [2.24, 2.45) is 0 Å². The maximum atomic E-state index is 12.2. The second kappa shape index (κ2) is 6.71. The summed E-state index contributed by atoms with van der Waals surface area (Å²) in [6.45, 7) is 5.99. The van der Waals surface area contributed by atoms with E-state index in [0.29, 0.717) is 16.8 Å². The summed E-state index contributed by atoms with van der Waals surface area (Å²) < 4.78 is 0. The van der Waals surface area contributed by atoms with E-state index in [0.717, 1.165) is 5.56 Å². The van der Waals surface area contributed by atoms with E-state index in [9.17, 15) is 14.7 Å². The molecule has 0 bridgehead atoms. The van der Waals surface area contributed by atoms with E-state index in [4.69, 9.17) is 0 Å². The number of nitrogens with zero attached hydrogens (tertiary/aromatic N) is 1. The van der Waals surface area contributed by atoms with Crippen LogP contribution in [0.1, 0.15) is 42.3 Å². The van der Waals surface area contributed by atoms with Gasteiger partial charge in [-0.2, -0.15) is 0 Å². The van der Waals surface area contributed by atoms with Gasteiger partial charge in [0, 0.05) is 17.3 Å². The van der Waals surface area contributed by atoms with Crippen molar-refractivity contribution < 1.29 is 14.7 Å². The van der Waals surface area contributed by atoms with Crippen LogP contribution in [0.5, 0.6) is 0 Å². The van der Waals surface area contributed by atoms with Crippen molar-refractivity contribution in [3.05, 3.63) is 59.4 Å². The maximum absolute atomic E-state index is 12.2. The topological polar surface area (TPSA) is 79.3 Å². The number of hydrogen-bond donors (Lipinski definition) is 2. The van der Waals surface area contributed by atoms with Gasteiger partial charge in [0.1, 0.15) is 0 Å². The minimum atomic E-state index is -0.754. The van der Waals surface area contributed by atoms with Gasteiger partial charge in [0.05, 0.1) is 18.5 Å². The molecular weight excluding hydrogens is 292 g/mol. The molecule has 2 N–H and O–H groups in total. The van der Waals surface area contributed by atoms with Crippen LogP contribution in [0.3, 0.4) is 0 Å². The zero-order valence-electron chi connectivity index (χ0n) is 13.5. The van der Waals surface area contributed by atoms with Gasteiger partial charge in [-0.25, -0.2) is 0 Å². The third-order valence-corrected chi connectivity index (χ3v) is 3.55. The summed E-state index contributed by atoms with van der Waals surface area (Å²) in [7, 11) is 0. The molecule has 0 aliphatic heterocycles. The van der Waals surface area contributed by atoms with Gasteiger partial charge >= 0.3 is 0 Å². The number of ketones is 1. The third kappa shape index (κ3) is 4.02. The van der Waals surface area contributed by atoms with Crippen molar-refractivity contribution >= 4 is 17.4 Å². The monoisotopic (exact) mass is 312 g/mol. The Morgan fingerprint density at radius 2 is 1.78 bits per heavy atom. The molecular formula is C18H20N2O3. The molecule has 120 valence electrons. The van der Waals surface area contributed by atoms with Crippen molar-refractivity contribution in [1.29, 1.82) is 0 Å². The van der Waals surface area contributed by atoms with Gasteiger partial charge < -0.3 is 10.4 Å². The fourth-order valence-electron chi connectivity index (χ4n) is 2.11. The van der Waals surface area contributed by atoms with E-state index in [1.807, 2.05) is 12.1 Å². The standard InChI is InChI=1S/C18H20N2O3/c1-18(2,3)14-6-4-12(5-7-14)16(22)17(23)20-15-10-19-9-8-13(15)11-21/h4-10,21H,11H2,1-3H3,(H,20,23). The quantitative estimate of drug-likeness (QED) is 0.672. The fourth-order valence-corrected chi connectivity index (χ4v) is 2.11. The molecule has 2 aromatic rings. The van der Waals surface area contributed by atoms with Gasteiger partial charge in [-0.1, -0.05) is 45.0 Å². The number of aromatic nitrogens is 1. The number of carbonyl (C=O) groups excluding carboxylic acids is 2. The minimum Gasteiger partial charge on any atom is -0.392 e. The van der Waals surface area contributed by atoms with Gasteiger partial charge in [0.2, 0.25) is 0 Å². The predicted molar refractivity (Wildman–Crippen MR) is 88.3 cm³/mol. The number of Topliss-reactive ketones (excluding diaryl/α,β-unsaturated/α-hetero) is 1. The first-order chi connectivity index (χ1) is 10.8. The molecule has 0 fully saturated rings. The molecule has 0 spiro atoms. The van der Waals surface area contributed by atoms with Crippen LogP contribution in [-0.4, -0.2) is 21.8 Å². The molecule has 5 nitrogen and oxygen atoms in total. The molecule has 1 amide bonds. The fraction of sp³-hybridized carbons (Fsp3) is 0.278. The normalized spacial score (nSPS) is 11.1. The molecule has 5 heteroatoms. The summed E-state index contributed by atoms with van der Waals surface area (Å²) in [5.74, 6) is -1.38. The van der Waals surface area contributed by atoms with Crippen LogP contribution in [0, 0.1) is 0 Å². The summed E-state index contributed by atoms with van der Waals surface area (Å²) in [4.78, 5) is 28.2. The van der Waals surface area contributed by atoms with Gasteiger partial charge in [-0.05, 0) is 17.0 Å². The van der Waals surface area contributed by atoms with E-state index >= 15 is 0 Å². The van der Waals surface area contributed by atoms with E-state index in [1.54, 1.807) is 18.2 Å². The maximum Gasteiger partial charge on any atom is 0.296 e. The lowest BCUT2D eigenvalue weighted by molar-refractivity contribution is -0.112. The molecule has 2 rings (SSSR count). The van der Waals surface area contributed by atoms with Gasteiger partial charge in [0.25, 0.3) is 11.7 Å². The lowest BCUT2D eigenvalue weighted by Crippen LogP contribution is -2.23. The molecule has 0 saturated heterocycles. The minimum absolute atomic E-state index is 0.0183. The first-order valence-corrected chi connectivity index (χ1v) is 7.33. The van der Waals surface area contributed by atoms with E-state index in [2.05, 4.69) is 31.1 Å². The Hall–Kier alpha value is -2.53. The number of rotatable bonds is 4. The summed E-state index contributed by atoms with van der Waals surface area (Å²) in [6.07, 6.45) is 2.91. The zero-order valence-corrected chi connectivity index (χ0v) is 13.5. The van der Waals surface area contributed by atoms with E-state index in [1.165, 1.54) is 12.4 Å². The number of benzene rings is 1. The number of anilines is 1. The first-order valence-electron chi connectivity index (χ1n) is 7.33. The predicted octanol–water partition coefficient (Wildman–Crippen LogP) is 2.69. The Balaban J connectivity index is 2.15. The van der Waals surface area contributed by atoms with Crippen molar-refractivity contribution in [1.82, 2.24) is 4.98 Å². The smallest absolute Gasteiger partial charge is 0.296 e. The lowest BCUT2D eigenvalue weighted by Gasteiger charge is -2.18. The molecule has 1 aromatic carbocycles. The Morgan fingerprint density at radius 1 is 1.13 bits per heavy atom. The van der Waals surface area contributed by atoms with Crippen LogP contribution < -0.4 is 5.32 Å². The number of hydrogen-bond acceptors (Lipinski definition) is 4. The number of aliphatic hydroxyl groups excluding tert-OH is 1. The number of amides is 1. The highest BCUT2D eigenvalue weighted by Gasteiger charge is 2.19. The number of nitrogens with one attached hydrogen (secondary N) is 1. The molecule has 0 saturated carbocycles. The SMILES string of the molecule is CC(C)(C)c1ccc(C(=O)C(=O)Nc2cnccc2CO)cc1. The average Bonchev–Trinajstić information content (AvgIpc) is 2.54. The Bertz CT molecular complexity index is 716. The van der Waals surface area contributed by atoms with Gasteiger partial charge in [-0.3, -0.25) is 14.6 Å². The summed E-state index contributed by atoms with van der Waals surface area (Å²) >= 11 is 0. The Morgan fingerprint density at radius 3 is 2.35 bits per heavy atom. The van der Waals surface area contributed by atoms with Crippen molar-refractivity contribution in [3.63, 3.8) is 0 Å². The van der Waals surface area contributed by atoms with Crippen molar-refractivity contribution in [2.45, 2.75) is 32.8 Å². The Kier molecular flexibility index (Phi) is 4.91. The van der Waals surface area contributed by atoms with Crippen LogP contribution in [-0.2, 0) is 16.8 Å². The molecule has 1 aromatic heterocycles. The highest BCUT2D eigenvalue weighted by Crippen LogP contribution is 2.22. The zero-order chi connectivity index (χ0) is 17.0. The van der Waals surface area contributed by atoms with Crippen LogP contribution in [0.2, 0.25) is 0 Å². The van der Waals surface area contributed by atoms with Crippen LogP contribution in [0.25, 0.3) is 0 Å². The average molecular weight is 312 g/mol. The second-order valence-corrected chi connectivity index (χ2v) is 6.30. The van der Waals surface area contributed by atoms with Crippen molar-refractivity contribution in [3.8, 4) is 0 Å². The second-order valence-electron chi connectivity index (χ2n) is 6.30. The molecule has 0 unspecified atom stereocenters. The Labute approximate surface area is 135 Å². The molecule has 0 aliphatic carbocycles. The van der Waals surface area contributed by atoms with E-state index in [-0.39, 0.29) is 12.0 Å². The molecule has 0 radical (unpaired) electrons. The number of aliphatic hydroxyl groups is 1. The van der Waals surface area contributed by atoms with Crippen LogP contribution in [0.4, 0.5) is 5.69 Å². The molecule has 1 heterocycles.